The van der Waals surface area contributed by atoms with E-state index in [1.54, 1.807) is 48.0 Å². The molecule has 108 valence electrons. The van der Waals surface area contributed by atoms with E-state index < -0.39 is 6.04 Å². The van der Waals surface area contributed by atoms with Crippen molar-refractivity contribution in [3.8, 4) is 5.75 Å². The molecular weight excluding hydrogens is 280 g/mol. The molecule has 1 aliphatic heterocycles. The predicted octanol–water partition coefficient (Wildman–Crippen LogP) is 1.41. The first kappa shape index (κ1) is 14.7. The van der Waals surface area contributed by atoms with Crippen LogP contribution in [0, 0.1) is 0 Å². The third-order valence-corrected chi connectivity index (χ3v) is 3.63. The van der Waals surface area contributed by atoms with Crippen LogP contribution in [0.4, 0.5) is 0 Å². The van der Waals surface area contributed by atoms with Crippen molar-refractivity contribution >= 4 is 23.4 Å². The van der Waals surface area contributed by atoms with Crippen molar-refractivity contribution in [1.29, 1.82) is 0 Å². The van der Waals surface area contributed by atoms with E-state index >= 15 is 0 Å². The zero-order chi connectivity index (χ0) is 14.7. The number of hydrogen-bond acceptors (Lipinski definition) is 3. The summed E-state index contributed by atoms with van der Waals surface area (Å²) in [5, 5.41) is 0.613. The van der Waals surface area contributed by atoms with Crippen LogP contribution in [0.3, 0.4) is 0 Å². The summed E-state index contributed by atoms with van der Waals surface area (Å²) >= 11 is 5.77. The van der Waals surface area contributed by atoms with Crippen molar-refractivity contribution in [2.75, 3.05) is 26.7 Å². The summed E-state index contributed by atoms with van der Waals surface area (Å²) in [6.45, 7) is 2.74. The van der Waals surface area contributed by atoms with Gasteiger partial charge in [0, 0.05) is 25.2 Å². The van der Waals surface area contributed by atoms with Gasteiger partial charge in [-0.3, -0.25) is 9.59 Å². The quantitative estimate of drug-likeness (QED) is 0.847. The number of benzene rings is 1. The standard InChI is InChI=1S/C14H17ClN2O3/c1-10-14(19)16(2)7-8-17(10)13(18)9-20-12-5-3-11(15)4-6-12/h3-6,10H,7-9H2,1-2H3. The number of piperazine rings is 1. The van der Waals surface area contributed by atoms with E-state index in [1.807, 2.05) is 0 Å². The Hall–Kier alpha value is -1.75. The molecular formula is C14H17ClN2O3. The molecule has 1 saturated heterocycles. The molecule has 0 N–H and O–H groups in total. The Kier molecular flexibility index (Phi) is 4.49. The second-order valence-corrected chi connectivity index (χ2v) is 5.20. The lowest BCUT2D eigenvalue weighted by Crippen LogP contribution is -2.57. The normalized spacial score (nSPS) is 19.1. The van der Waals surface area contributed by atoms with Gasteiger partial charge in [0.15, 0.2) is 6.61 Å². The third-order valence-electron chi connectivity index (χ3n) is 3.37. The Morgan fingerprint density at radius 3 is 2.65 bits per heavy atom. The van der Waals surface area contributed by atoms with Crippen LogP contribution in [0.5, 0.6) is 5.75 Å². The van der Waals surface area contributed by atoms with Gasteiger partial charge in [-0.05, 0) is 31.2 Å². The average Bonchev–Trinajstić information content (AvgIpc) is 2.44. The van der Waals surface area contributed by atoms with E-state index in [0.29, 0.717) is 23.9 Å². The molecule has 0 saturated carbocycles. The summed E-state index contributed by atoms with van der Waals surface area (Å²) in [5.74, 6) is 0.348. The smallest absolute Gasteiger partial charge is 0.261 e. The van der Waals surface area contributed by atoms with Gasteiger partial charge in [-0.15, -0.1) is 0 Å². The van der Waals surface area contributed by atoms with Gasteiger partial charge < -0.3 is 14.5 Å². The molecule has 2 amide bonds. The van der Waals surface area contributed by atoms with Gasteiger partial charge in [0.1, 0.15) is 11.8 Å². The van der Waals surface area contributed by atoms with Crippen molar-refractivity contribution < 1.29 is 14.3 Å². The number of hydrogen-bond donors (Lipinski definition) is 0. The molecule has 1 atom stereocenters. The molecule has 2 rings (SSSR count). The van der Waals surface area contributed by atoms with Gasteiger partial charge in [0.25, 0.3) is 5.91 Å². The van der Waals surface area contributed by atoms with Crippen molar-refractivity contribution in [2.24, 2.45) is 0 Å². The highest BCUT2D eigenvalue weighted by molar-refractivity contribution is 6.30. The Morgan fingerprint density at radius 1 is 1.35 bits per heavy atom. The van der Waals surface area contributed by atoms with Crippen LogP contribution in [0.2, 0.25) is 5.02 Å². The molecule has 6 heteroatoms. The molecule has 0 aliphatic carbocycles. The SMILES string of the molecule is CC1C(=O)N(C)CCN1C(=O)COc1ccc(Cl)cc1. The maximum absolute atomic E-state index is 12.1. The van der Waals surface area contributed by atoms with E-state index in [0.717, 1.165) is 0 Å². The van der Waals surface area contributed by atoms with Crippen LogP contribution >= 0.6 is 11.6 Å². The monoisotopic (exact) mass is 296 g/mol. The number of likely N-dealkylation sites (N-methyl/N-ethyl adjacent to an activating group) is 1. The largest absolute Gasteiger partial charge is 0.484 e. The highest BCUT2D eigenvalue weighted by atomic mass is 35.5. The molecule has 20 heavy (non-hydrogen) atoms. The number of nitrogens with zero attached hydrogens (tertiary/aromatic N) is 2. The summed E-state index contributed by atoms with van der Waals surface area (Å²) in [6.07, 6.45) is 0. The first-order valence-corrected chi connectivity index (χ1v) is 6.79. The van der Waals surface area contributed by atoms with Crippen molar-refractivity contribution in [1.82, 2.24) is 9.80 Å². The van der Waals surface area contributed by atoms with Gasteiger partial charge in [0.05, 0.1) is 0 Å². The minimum absolute atomic E-state index is 0.0453. The summed E-state index contributed by atoms with van der Waals surface area (Å²) in [5.41, 5.74) is 0. The highest BCUT2D eigenvalue weighted by Crippen LogP contribution is 2.16. The highest BCUT2D eigenvalue weighted by Gasteiger charge is 2.32. The number of ether oxygens (including phenoxy) is 1. The zero-order valence-corrected chi connectivity index (χ0v) is 12.3. The van der Waals surface area contributed by atoms with Gasteiger partial charge in [-0.1, -0.05) is 11.6 Å². The fraction of sp³-hybridized carbons (Fsp3) is 0.429. The molecule has 1 aromatic carbocycles. The van der Waals surface area contributed by atoms with Crippen LogP contribution in [0.1, 0.15) is 6.92 Å². The first-order valence-electron chi connectivity index (χ1n) is 6.42. The zero-order valence-electron chi connectivity index (χ0n) is 11.5. The van der Waals surface area contributed by atoms with Gasteiger partial charge in [-0.25, -0.2) is 0 Å². The van der Waals surface area contributed by atoms with E-state index in [9.17, 15) is 9.59 Å². The van der Waals surface area contributed by atoms with Crippen molar-refractivity contribution in [3.63, 3.8) is 0 Å². The lowest BCUT2D eigenvalue weighted by atomic mass is 10.2. The molecule has 1 aliphatic rings. The summed E-state index contributed by atoms with van der Waals surface area (Å²) < 4.78 is 5.41. The average molecular weight is 297 g/mol. The molecule has 0 bridgehead atoms. The lowest BCUT2D eigenvalue weighted by Gasteiger charge is -2.37. The van der Waals surface area contributed by atoms with Gasteiger partial charge >= 0.3 is 0 Å². The minimum atomic E-state index is -0.435. The number of rotatable bonds is 3. The second kappa shape index (κ2) is 6.13. The Bertz CT molecular complexity index is 504. The fourth-order valence-electron chi connectivity index (χ4n) is 2.11. The van der Waals surface area contributed by atoms with E-state index in [2.05, 4.69) is 0 Å². The minimum Gasteiger partial charge on any atom is -0.484 e. The Balaban J connectivity index is 1.91. The Labute approximate surface area is 123 Å². The van der Waals surface area contributed by atoms with Crippen LogP contribution < -0.4 is 4.74 Å². The maximum Gasteiger partial charge on any atom is 0.261 e. The molecule has 1 heterocycles. The lowest BCUT2D eigenvalue weighted by molar-refractivity contribution is -0.150. The number of carbonyl (C=O) groups is 2. The molecule has 0 radical (unpaired) electrons. The number of halogens is 1. The molecule has 1 fully saturated rings. The summed E-state index contributed by atoms with van der Waals surface area (Å²) in [4.78, 5) is 27.1. The van der Waals surface area contributed by atoms with Crippen LogP contribution in [-0.2, 0) is 9.59 Å². The first-order chi connectivity index (χ1) is 9.49. The maximum atomic E-state index is 12.1. The molecule has 0 spiro atoms. The van der Waals surface area contributed by atoms with Crippen LogP contribution in [0.25, 0.3) is 0 Å². The number of carbonyl (C=O) groups excluding carboxylic acids is 2. The number of amides is 2. The summed E-state index contributed by atoms with van der Waals surface area (Å²) in [7, 11) is 1.74. The van der Waals surface area contributed by atoms with E-state index in [1.165, 1.54) is 0 Å². The van der Waals surface area contributed by atoms with Crippen molar-refractivity contribution in [3.05, 3.63) is 29.3 Å². The van der Waals surface area contributed by atoms with E-state index in [-0.39, 0.29) is 18.4 Å². The third kappa shape index (κ3) is 3.22. The van der Waals surface area contributed by atoms with Crippen LogP contribution in [0.15, 0.2) is 24.3 Å². The van der Waals surface area contributed by atoms with E-state index in [4.69, 9.17) is 16.3 Å². The summed E-state index contributed by atoms with van der Waals surface area (Å²) in [6, 6.07) is 6.37. The topological polar surface area (TPSA) is 49.9 Å². The molecule has 1 unspecified atom stereocenters. The second-order valence-electron chi connectivity index (χ2n) is 4.77. The van der Waals surface area contributed by atoms with Crippen LogP contribution in [-0.4, -0.2) is 54.4 Å². The van der Waals surface area contributed by atoms with Gasteiger partial charge in [-0.2, -0.15) is 0 Å². The molecule has 1 aromatic rings. The molecule has 0 aromatic heterocycles. The van der Waals surface area contributed by atoms with Gasteiger partial charge in [0.2, 0.25) is 5.91 Å². The molecule has 5 nitrogen and oxygen atoms in total. The predicted molar refractivity (Wildman–Crippen MR) is 75.8 cm³/mol. The van der Waals surface area contributed by atoms with Crippen molar-refractivity contribution in [2.45, 2.75) is 13.0 Å². The Morgan fingerprint density at radius 2 is 2.00 bits per heavy atom. The fourth-order valence-corrected chi connectivity index (χ4v) is 2.24.